The molecule has 3 rings (SSSR count). The maximum atomic E-state index is 3.71. The molecule has 1 saturated carbocycles. The lowest BCUT2D eigenvalue weighted by atomic mass is 9.77. The molecule has 0 aromatic heterocycles. The summed E-state index contributed by atoms with van der Waals surface area (Å²) in [5.41, 5.74) is 3.73. The highest BCUT2D eigenvalue weighted by Crippen LogP contribution is 2.37. The molecule has 2 aliphatic rings. The molecule has 92 valence electrons. The largest absolute Gasteiger partial charge is 0.316 e. The number of rotatable bonds is 4. The van der Waals surface area contributed by atoms with Crippen molar-refractivity contribution in [2.75, 3.05) is 13.1 Å². The highest BCUT2D eigenvalue weighted by Gasteiger charge is 2.29. The maximum Gasteiger partial charge on any atom is 0.00236 e. The Morgan fingerprint density at radius 1 is 1.24 bits per heavy atom. The molecule has 1 heteroatoms. The van der Waals surface area contributed by atoms with E-state index < -0.39 is 0 Å². The molecular weight excluding hydrogens is 206 g/mol. The van der Waals surface area contributed by atoms with E-state index in [4.69, 9.17) is 0 Å². The Labute approximate surface area is 105 Å². The second kappa shape index (κ2) is 4.45. The van der Waals surface area contributed by atoms with E-state index in [0.29, 0.717) is 5.41 Å². The minimum atomic E-state index is 0.587. The van der Waals surface area contributed by atoms with Crippen molar-refractivity contribution < 1.29 is 0 Å². The van der Waals surface area contributed by atoms with Crippen LogP contribution in [-0.2, 0) is 6.42 Å². The third-order valence-corrected chi connectivity index (χ3v) is 4.71. The Morgan fingerprint density at radius 2 is 2.00 bits per heavy atom. The number of benzene rings is 1. The summed E-state index contributed by atoms with van der Waals surface area (Å²) >= 11 is 0. The van der Waals surface area contributed by atoms with Gasteiger partial charge in [0.2, 0.25) is 0 Å². The summed E-state index contributed by atoms with van der Waals surface area (Å²) in [6, 6.07) is 8.89. The molecular formula is C16H23N. The summed E-state index contributed by atoms with van der Waals surface area (Å²) < 4.78 is 0. The average Bonchev–Trinajstić information content (AvgIpc) is 2.72. The summed E-state index contributed by atoms with van der Waals surface area (Å²) in [6.07, 6.45) is 6.98. The molecule has 1 atom stereocenters. The lowest BCUT2D eigenvalue weighted by molar-refractivity contribution is 0.309. The van der Waals surface area contributed by atoms with Gasteiger partial charge in [0.1, 0.15) is 0 Å². The van der Waals surface area contributed by atoms with Crippen LogP contribution in [0.4, 0.5) is 0 Å². The molecule has 2 aliphatic carbocycles. The highest BCUT2D eigenvalue weighted by molar-refractivity contribution is 5.40. The minimum absolute atomic E-state index is 0.587. The van der Waals surface area contributed by atoms with E-state index >= 15 is 0 Å². The molecule has 1 N–H and O–H groups in total. The Kier molecular flexibility index (Phi) is 2.96. The fraction of sp³-hybridized carbons (Fsp3) is 0.625. The van der Waals surface area contributed by atoms with E-state index in [1.807, 2.05) is 0 Å². The van der Waals surface area contributed by atoms with Crippen molar-refractivity contribution in [2.24, 2.45) is 5.41 Å². The van der Waals surface area contributed by atoms with E-state index in [-0.39, 0.29) is 0 Å². The molecule has 0 radical (unpaired) electrons. The first-order valence-electron chi connectivity index (χ1n) is 7.05. The molecule has 1 unspecified atom stereocenters. The SMILES string of the molecule is CC1(CNCC2Cc3ccccc32)CCCC1. The summed E-state index contributed by atoms with van der Waals surface area (Å²) in [7, 11) is 0. The van der Waals surface area contributed by atoms with Crippen molar-refractivity contribution >= 4 is 0 Å². The fourth-order valence-corrected chi connectivity index (χ4v) is 3.50. The van der Waals surface area contributed by atoms with Gasteiger partial charge in [0, 0.05) is 19.0 Å². The van der Waals surface area contributed by atoms with E-state index in [0.717, 1.165) is 5.92 Å². The fourth-order valence-electron chi connectivity index (χ4n) is 3.50. The highest BCUT2D eigenvalue weighted by atomic mass is 14.9. The van der Waals surface area contributed by atoms with E-state index in [1.165, 1.54) is 45.2 Å². The van der Waals surface area contributed by atoms with Crippen LogP contribution in [0.25, 0.3) is 0 Å². The van der Waals surface area contributed by atoms with Crippen LogP contribution in [0.1, 0.15) is 49.7 Å². The number of hydrogen-bond acceptors (Lipinski definition) is 1. The lowest BCUT2D eigenvalue weighted by Crippen LogP contribution is -2.35. The first-order valence-corrected chi connectivity index (χ1v) is 7.05. The van der Waals surface area contributed by atoms with Crippen molar-refractivity contribution in [2.45, 2.75) is 44.9 Å². The van der Waals surface area contributed by atoms with Crippen molar-refractivity contribution in [3.05, 3.63) is 35.4 Å². The van der Waals surface area contributed by atoms with Gasteiger partial charge in [-0.2, -0.15) is 0 Å². The van der Waals surface area contributed by atoms with Gasteiger partial charge in [-0.15, -0.1) is 0 Å². The second-order valence-electron chi connectivity index (χ2n) is 6.25. The smallest absolute Gasteiger partial charge is 0.00236 e. The number of fused-ring (bicyclic) bond motifs is 1. The minimum Gasteiger partial charge on any atom is -0.316 e. The van der Waals surface area contributed by atoms with Gasteiger partial charge in [0.15, 0.2) is 0 Å². The summed E-state index contributed by atoms with van der Waals surface area (Å²) in [4.78, 5) is 0. The number of nitrogens with one attached hydrogen (secondary N) is 1. The quantitative estimate of drug-likeness (QED) is 0.833. The van der Waals surface area contributed by atoms with Gasteiger partial charge in [0.25, 0.3) is 0 Å². The molecule has 0 amide bonds. The Bertz CT molecular complexity index is 390. The average molecular weight is 229 g/mol. The van der Waals surface area contributed by atoms with Crippen LogP contribution in [0, 0.1) is 5.41 Å². The third-order valence-electron chi connectivity index (χ3n) is 4.71. The van der Waals surface area contributed by atoms with Crippen LogP contribution in [-0.4, -0.2) is 13.1 Å². The predicted molar refractivity (Wildman–Crippen MR) is 72.3 cm³/mol. The van der Waals surface area contributed by atoms with Crippen LogP contribution in [0.5, 0.6) is 0 Å². The van der Waals surface area contributed by atoms with E-state index in [9.17, 15) is 0 Å². The van der Waals surface area contributed by atoms with E-state index in [2.05, 4.69) is 36.5 Å². The lowest BCUT2D eigenvalue weighted by Gasteiger charge is -2.32. The monoisotopic (exact) mass is 229 g/mol. The second-order valence-corrected chi connectivity index (χ2v) is 6.25. The van der Waals surface area contributed by atoms with Crippen molar-refractivity contribution in [1.29, 1.82) is 0 Å². The van der Waals surface area contributed by atoms with Crippen LogP contribution in [0.15, 0.2) is 24.3 Å². The zero-order chi connectivity index (χ0) is 11.7. The van der Waals surface area contributed by atoms with E-state index in [1.54, 1.807) is 11.1 Å². The molecule has 1 nitrogen and oxygen atoms in total. The molecule has 1 aromatic rings. The van der Waals surface area contributed by atoms with Crippen LogP contribution in [0.3, 0.4) is 0 Å². The molecule has 1 fully saturated rings. The number of hydrogen-bond donors (Lipinski definition) is 1. The molecule has 0 bridgehead atoms. The van der Waals surface area contributed by atoms with Gasteiger partial charge in [0.05, 0.1) is 0 Å². The van der Waals surface area contributed by atoms with Crippen LogP contribution < -0.4 is 5.32 Å². The summed E-state index contributed by atoms with van der Waals surface area (Å²) in [6.45, 7) is 4.83. The van der Waals surface area contributed by atoms with Gasteiger partial charge in [-0.05, 0) is 35.8 Å². The van der Waals surface area contributed by atoms with Gasteiger partial charge in [-0.3, -0.25) is 0 Å². The molecule has 0 saturated heterocycles. The van der Waals surface area contributed by atoms with Crippen LogP contribution in [0.2, 0.25) is 0 Å². The zero-order valence-electron chi connectivity index (χ0n) is 10.8. The Balaban J connectivity index is 1.48. The molecule has 0 aliphatic heterocycles. The molecule has 17 heavy (non-hydrogen) atoms. The van der Waals surface area contributed by atoms with Crippen molar-refractivity contribution in [1.82, 2.24) is 5.32 Å². The predicted octanol–water partition coefficient (Wildman–Crippen LogP) is 3.50. The molecule has 0 spiro atoms. The summed E-state index contributed by atoms with van der Waals surface area (Å²) in [5, 5.41) is 3.71. The molecule has 1 aromatic carbocycles. The first-order chi connectivity index (χ1) is 8.27. The zero-order valence-corrected chi connectivity index (χ0v) is 10.8. The van der Waals surface area contributed by atoms with Gasteiger partial charge in [-0.1, -0.05) is 44.0 Å². The van der Waals surface area contributed by atoms with Gasteiger partial charge in [-0.25, -0.2) is 0 Å². The summed E-state index contributed by atoms with van der Waals surface area (Å²) in [5.74, 6) is 0.774. The normalized spacial score (nSPS) is 25.4. The van der Waals surface area contributed by atoms with Crippen molar-refractivity contribution in [3.8, 4) is 0 Å². The Hall–Kier alpha value is -0.820. The Morgan fingerprint density at radius 3 is 2.76 bits per heavy atom. The first kappa shape index (κ1) is 11.3. The topological polar surface area (TPSA) is 12.0 Å². The molecule has 0 heterocycles. The third kappa shape index (κ3) is 2.26. The van der Waals surface area contributed by atoms with Gasteiger partial charge < -0.3 is 5.32 Å². The van der Waals surface area contributed by atoms with Crippen molar-refractivity contribution in [3.63, 3.8) is 0 Å². The van der Waals surface area contributed by atoms with Gasteiger partial charge >= 0.3 is 0 Å². The maximum absolute atomic E-state index is 3.71. The standard InChI is InChI=1S/C16H23N/c1-16(8-4-5-9-16)12-17-11-14-10-13-6-2-3-7-15(13)14/h2-3,6-7,14,17H,4-5,8-12H2,1H3. The van der Waals surface area contributed by atoms with Crippen LogP contribution >= 0.6 is 0 Å².